The molecule has 0 saturated carbocycles. The number of carbonyl (C=O) groups excluding carboxylic acids is 1. The van der Waals surface area contributed by atoms with E-state index in [4.69, 9.17) is 11.6 Å². The summed E-state index contributed by atoms with van der Waals surface area (Å²) in [5.41, 5.74) is 0.613. The van der Waals surface area contributed by atoms with E-state index in [9.17, 15) is 4.79 Å². The quantitative estimate of drug-likeness (QED) is 0.554. The summed E-state index contributed by atoms with van der Waals surface area (Å²) in [7, 11) is 0. The van der Waals surface area contributed by atoms with Gasteiger partial charge in [0, 0.05) is 17.1 Å². The van der Waals surface area contributed by atoms with Crippen molar-refractivity contribution in [3.63, 3.8) is 0 Å². The minimum atomic E-state index is 0. The van der Waals surface area contributed by atoms with Crippen LogP contribution in [-0.4, -0.2) is 11.3 Å². The molecule has 14 heavy (non-hydrogen) atoms. The van der Waals surface area contributed by atoms with Crippen LogP contribution in [0.25, 0.3) is 10.8 Å². The van der Waals surface area contributed by atoms with Crippen molar-refractivity contribution < 1.29 is 4.79 Å². The van der Waals surface area contributed by atoms with Gasteiger partial charge < -0.3 is 0 Å². The van der Waals surface area contributed by atoms with Gasteiger partial charge in [-0.2, -0.15) is 0 Å². The minimum Gasteiger partial charge on any atom is -0.298 e. The second-order valence-electron chi connectivity index (χ2n) is 2.70. The van der Waals surface area contributed by atoms with Gasteiger partial charge >= 0.3 is 0 Å². The van der Waals surface area contributed by atoms with E-state index in [-0.39, 0.29) is 12.4 Å². The first kappa shape index (κ1) is 11.0. The highest BCUT2D eigenvalue weighted by Gasteiger charge is 1.99. The molecule has 0 amide bonds. The molecule has 2 nitrogen and oxygen atoms in total. The first-order valence-corrected chi connectivity index (χ1v) is 4.18. The van der Waals surface area contributed by atoms with Crippen molar-refractivity contribution >= 4 is 41.1 Å². The van der Waals surface area contributed by atoms with Gasteiger partial charge in [-0.1, -0.05) is 23.7 Å². The number of rotatable bonds is 1. The molecule has 0 aliphatic heterocycles. The Morgan fingerprint density at radius 2 is 2.07 bits per heavy atom. The molecule has 1 aromatic carbocycles. The predicted octanol–water partition coefficient (Wildman–Crippen LogP) is 3.12. The maximum absolute atomic E-state index is 10.5. The van der Waals surface area contributed by atoms with Crippen LogP contribution >= 0.6 is 24.0 Å². The maximum atomic E-state index is 10.5. The summed E-state index contributed by atoms with van der Waals surface area (Å²) in [6.45, 7) is 0. The average molecular weight is 228 g/mol. The Hall–Kier alpha value is -1.12. The molecule has 0 radical (unpaired) electrons. The first-order valence-electron chi connectivity index (χ1n) is 3.81. The number of halogens is 2. The van der Waals surface area contributed by atoms with E-state index in [0.717, 1.165) is 17.1 Å². The Morgan fingerprint density at radius 3 is 2.79 bits per heavy atom. The Kier molecular flexibility index (Phi) is 3.44. The normalized spacial score (nSPS) is 9.50. The molecule has 0 aliphatic carbocycles. The molecular weight excluding hydrogens is 221 g/mol. The predicted molar refractivity (Wildman–Crippen MR) is 59.4 cm³/mol. The van der Waals surface area contributed by atoms with Gasteiger partial charge in [-0.15, -0.1) is 12.4 Å². The number of aromatic nitrogens is 1. The Bertz CT molecular complexity index is 471. The number of benzene rings is 1. The van der Waals surface area contributed by atoms with Crippen molar-refractivity contribution in [3.8, 4) is 0 Å². The van der Waals surface area contributed by atoms with Crippen LogP contribution in [0.5, 0.6) is 0 Å². The second kappa shape index (κ2) is 4.40. The van der Waals surface area contributed by atoms with E-state index < -0.39 is 0 Å². The van der Waals surface area contributed by atoms with Crippen LogP contribution in [-0.2, 0) is 0 Å². The first-order chi connectivity index (χ1) is 6.31. The van der Waals surface area contributed by atoms with E-state index in [1.807, 2.05) is 12.1 Å². The zero-order valence-electron chi connectivity index (χ0n) is 7.11. The summed E-state index contributed by atoms with van der Waals surface area (Å²) in [6, 6.07) is 7.20. The SMILES string of the molecule is Cl.O=Cc1ccc2ccnc(Cl)c2c1. The second-order valence-corrected chi connectivity index (χ2v) is 3.06. The van der Waals surface area contributed by atoms with Gasteiger partial charge in [-0.05, 0) is 17.5 Å². The highest BCUT2D eigenvalue weighted by Crippen LogP contribution is 2.21. The van der Waals surface area contributed by atoms with E-state index in [1.54, 1.807) is 18.3 Å². The van der Waals surface area contributed by atoms with Gasteiger partial charge in [0.15, 0.2) is 0 Å². The molecule has 2 aromatic rings. The van der Waals surface area contributed by atoms with E-state index in [1.165, 1.54) is 0 Å². The van der Waals surface area contributed by atoms with Crippen molar-refractivity contribution in [3.05, 3.63) is 41.2 Å². The monoisotopic (exact) mass is 227 g/mol. The molecule has 0 saturated heterocycles. The zero-order valence-corrected chi connectivity index (χ0v) is 8.68. The number of pyridine rings is 1. The van der Waals surface area contributed by atoms with Crippen LogP contribution in [0.4, 0.5) is 0 Å². The topological polar surface area (TPSA) is 30.0 Å². The molecule has 2 rings (SSSR count). The molecule has 0 atom stereocenters. The number of carbonyl (C=O) groups is 1. The van der Waals surface area contributed by atoms with Crippen LogP contribution in [0.15, 0.2) is 30.5 Å². The maximum Gasteiger partial charge on any atom is 0.150 e. The smallest absolute Gasteiger partial charge is 0.150 e. The molecule has 1 heterocycles. The largest absolute Gasteiger partial charge is 0.298 e. The lowest BCUT2D eigenvalue weighted by Gasteiger charge is -1.99. The molecular formula is C10H7Cl2NO. The highest BCUT2D eigenvalue weighted by atomic mass is 35.5. The van der Waals surface area contributed by atoms with Gasteiger partial charge in [-0.3, -0.25) is 4.79 Å². The fraction of sp³-hybridized carbons (Fsp3) is 0. The van der Waals surface area contributed by atoms with Gasteiger partial charge in [0.2, 0.25) is 0 Å². The lowest BCUT2D eigenvalue weighted by Crippen LogP contribution is -1.82. The third kappa shape index (κ3) is 1.86. The number of aldehydes is 1. The zero-order chi connectivity index (χ0) is 9.26. The van der Waals surface area contributed by atoms with Crippen molar-refractivity contribution in [2.24, 2.45) is 0 Å². The molecule has 72 valence electrons. The molecule has 0 unspecified atom stereocenters. The van der Waals surface area contributed by atoms with E-state index in [0.29, 0.717) is 10.7 Å². The van der Waals surface area contributed by atoms with Crippen molar-refractivity contribution in [1.82, 2.24) is 4.98 Å². The van der Waals surface area contributed by atoms with Crippen LogP contribution in [0, 0.1) is 0 Å². The molecule has 0 spiro atoms. The fourth-order valence-corrected chi connectivity index (χ4v) is 1.44. The van der Waals surface area contributed by atoms with Crippen molar-refractivity contribution in [2.45, 2.75) is 0 Å². The van der Waals surface area contributed by atoms with Crippen LogP contribution in [0.3, 0.4) is 0 Å². The third-order valence-corrected chi connectivity index (χ3v) is 2.18. The summed E-state index contributed by atoms with van der Waals surface area (Å²) in [6.07, 6.45) is 2.44. The lowest BCUT2D eigenvalue weighted by atomic mass is 10.1. The number of fused-ring (bicyclic) bond motifs is 1. The van der Waals surface area contributed by atoms with Crippen LogP contribution in [0.2, 0.25) is 5.15 Å². The summed E-state index contributed by atoms with van der Waals surface area (Å²) in [5, 5.41) is 2.24. The summed E-state index contributed by atoms with van der Waals surface area (Å²) in [5.74, 6) is 0. The standard InChI is InChI=1S/C10H6ClNO.ClH/c11-10-9-5-7(6-13)1-2-8(9)3-4-12-10;/h1-6H;1H. The number of hydrogen-bond acceptors (Lipinski definition) is 2. The van der Waals surface area contributed by atoms with Gasteiger partial charge in [0.1, 0.15) is 11.4 Å². The Morgan fingerprint density at radius 1 is 1.29 bits per heavy atom. The summed E-state index contributed by atoms with van der Waals surface area (Å²) in [4.78, 5) is 14.4. The minimum absolute atomic E-state index is 0. The lowest BCUT2D eigenvalue weighted by molar-refractivity contribution is 0.112. The third-order valence-electron chi connectivity index (χ3n) is 1.88. The van der Waals surface area contributed by atoms with Crippen molar-refractivity contribution in [2.75, 3.05) is 0 Å². The Balaban J connectivity index is 0.000000980. The highest BCUT2D eigenvalue weighted by molar-refractivity contribution is 6.34. The molecule has 0 aliphatic rings. The van der Waals surface area contributed by atoms with Crippen LogP contribution < -0.4 is 0 Å². The molecule has 1 aromatic heterocycles. The molecule has 0 bridgehead atoms. The van der Waals surface area contributed by atoms with E-state index in [2.05, 4.69) is 4.98 Å². The summed E-state index contributed by atoms with van der Waals surface area (Å²) >= 11 is 5.86. The number of nitrogens with zero attached hydrogens (tertiary/aromatic N) is 1. The molecule has 0 N–H and O–H groups in total. The van der Waals surface area contributed by atoms with Gasteiger partial charge in [0.05, 0.1) is 0 Å². The average Bonchev–Trinajstić information content (AvgIpc) is 2.18. The fourth-order valence-electron chi connectivity index (χ4n) is 1.22. The van der Waals surface area contributed by atoms with Crippen molar-refractivity contribution in [1.29, 1.82) is 0 Å². The van der Waals surface area contributed by atoms with Gasteiger partial charge in [-0.25, -0.2) is 4.98 Å². The molecule has 4 heteroatoms. The molecule has 0 fully saturated rings. The van der Waals surface area contributed by atoms with Crippen LogP contribution in [0.1, 0.15) is 10.4 Å². The number of hydrogen-bond donors (Lipinski definition) is 0. The van der Waals surface area contributed by atoms with Gasteiger partial charge in [0.25, 0.3) is 0 Å². The Labute approximate surface area is 92.3 Å². The summed E-state index contributed by atoms with van der Waals surface area (Å²) < 4.78 is 0. The van der Waals surface area contributed by atoms with E-state index >= 15 is 0 Å².